The molecule has 0 aliphatic carbocycles. The molecule has 0 bridgehead atoms. The van der Waals surface area contributed by atoms with Gasteiger partial charge in [0.2, 0.25) is 3.80 Å². The third kappa shape index (κ3) is 6.07. The molecule has 0 saturated heterocycles. The highest BCUT2D eigenvalue weighted by atomic mass is 127. The largest absolute Gasteiger partial charge is 0.488 e. The van der Waals surface area contributed by atoms with Crippen molar-refractivity contribution in [3.8, 4) is 5.75 Å². The van der Waals surface area contributed by atoms with Crippen LogP contribution >= 0.6 is 34.2 Å². The van der Waals surface area contributed by atoms with Crippen LogP contribution in [0.25, 0.3) is 0 Å². The Labute approximate surface area is 129 Å². The number of hydrogen-bond donors (Lipinski definition) is 1. The van der Waals surface area contributed by atoms with Gasteiger partial charge in [-0.05, 0) is 52.9 Å². The Morgan fingerprint density at radius 3 is 2.68 bits per heavy atom. The first-order valence-corrected chi connectivity index (χ1v) is 8.41. The third-order valence-corrected chi connectivity index (χ3v) is 3.77. The van der Waals surface area contributed by atoms with Gasteiger partial charge in [0.05, 0.1) is 9.92 Å². The van der Waals surface area contributed by atoms with E-state index < -0.39 is 13.6 Å². The van der Waals surface area contributed by atoms with Crippen LogP contribution in [-0.4, -0.2) is 25.1 Å². The molecule has 1 aromatic carbocycles. The zero-order valence-corrected chi connectivity index (χ0v) is 13.7. The SMILES string of the molecule is CS(=O)(=O)c1ccc(OCC=CC(N)(F)I)c(Cl)c1. The molecule has 0 saturated carbocycles. The van der Waals surface area contributed by atoms with Crippen molar-refractivity contribution in [2.24, 2.45) is 5.73 Å². The number of halogens is 3. The average Bonchev–Trinajstić information content (AvgIpc) is 2.23. The minimum atomic E-state index is -3.31. The summed E-state index contributed by atoms with van der Waals surface area (Å²) in [4.78, 5) is 0.109. The standard InChI is InChI=1S/C11H12ClFINO3S/c1-19(16,17)8-3-4-10(9(12)7-8)18-6-2-5-11(13,14)15/h2-5,7H,6,15H2,1H3. The molecule has 8 heteroatoms. The van der Waals surface area contributed by atoms with Crippen molar-refractivity contribution >= 4 is 44.0 Å². The van der Waals surface area contributed by atoms with Crippen molar-refractivity contribution in [2.45, 2.75) is 8.69 Å². The Kier molecular flexibility index (Phi) is 5.60. The van der Waals surface area contributed by atoms with E-state index >= 15 is 0 Å². The fourth-order valence-corrected chi connectivity index (χ4v) is 2.37. The van der Waals surface area contributed by atoms with Gasteiger partial charge in [0.25, 0.3) is 0 Å². The van der Waals surface area contributed by atoms with Gasteiger partial charge in [-0.25, -0.2) is 12.8 Å². The number of ether oxygens (including phenoxy) is 1. The fraction of sp³-hybridized carbons (Fsp3) is 0.273. The highest BCUT2D eigenvalue weighted by Gasteiger charge is 2.12. The summed E-state index contributed by atoms with van der Waals surface area (Å²) in [6.07, 6.45) is 3.64. The lowest BCUT2D eigenvalue weighted by molar-refractivity contribution is 0.355. The van der Waals surface area contributed by atoms with Crippen LogP contribution in [0.4, 0.5) is 4.39 Å². The van der Waals surface area contributed by atoms with Crippen LogP contribution in [0.2, 0.25) is 5.02 Å². The fourth-order valence-electron chi connectivity index (χ4n) is 1.17. The van der Waals surface area contributed by atoms with Crippen LogP contribution in [0, 0.1) is 0 Å². The summed E-state index contributed by atoms with van der Waals surface area (Å²) in [5.41, 5.74) is 5.10. The van der Waals surface area contributed by atoms with Crippen LogP contribution in [0.3, 0.4) is 0 Å². The minimum Gasteiger partial charge on any atom is -0.488 e. The first-order valence-electron chi connectivity index (χ1n) is 5.06. The predicted octanol–water partition coefficient (Wildman–Crippen LogP) is 2.70. The van der Waals surface area contributed by atoms with E-state index in [1.165, 1.54) is 46.9 Å². The van der Waals surface area contributed by atoms with Gasteiger partial charge in [-0.2, -0.15) is 0 Å². The topological polar surface area (TPSA) is 69.4 Å². The summed E-state index contributed by atoms with van der Waals surface area (Å²) in [5, 5.41) is 0.171. The molecule has 1 atom stereocenters. The molecule has 0 radical (unpaired) electrons. The monoisotopic (exact) mass is 419 g/mol. The first-order chi connectivity index (χ1) is 8.59. The Morgan fingerprint density at radius 1 is 1.58 bits per heavy atom. The second-order valence-corrected chi connectivity index (χ2v) is 7.83. The molecule has 0 aliphatic heterocycles. The van der Waals surface area contributed by atoms with E-state index in [1.54, 1.807) is 0 Å². The van der Waals surface area contributed by atoms with Crippen molar-refractivity contribution in [2.75, 3.05) is 12.9 Å². The van der Waals surface area contributed by atoms with E-state index in [4.69, 9.17) is 22.1 Å². The van der Waals surface area contributed by atoms with E-state index in [2.05, 4.69) is 0 Å². The Bertz CT molecular complexity index is 584. The second-order valence-electron chi connectivity index (χ2n) is 3.75. The summed E-state index contributed by atoms with van der Waals surface area (Å²) in [5.74, 6) is 0.314. The number of alkyl halides is 2. The molecular weight excluding hydrogens is 408 g/mol. The molecule has 4 nitrogen and oxygen atoms in total. The highest BCUT2D eigenvalue weighted by molar-refractivity contribution is 14.1. The van der Waals surface area contributed by atoms with Gasteiger partial charge < -0.3 is 4.74 Å². The van der Waals surface area contributed by atoms with Gasteiger partial charge in [-0.15, -0.1) is 0 Å². The van der Waals surface area contributed by atoms with Gasteiger partial charge in [0.1, 0.15) is 12.4 Å². The van der Waals surface area contributed by atoms with Crippen molar-refractivity contribution < 1.29 is 17.5 Å². The van der Waals surface area contributed by atoms with Crippen molar-refractivity contribution in [3.63, 3.8) is 0 Å². The van der Waals surface area contributed by atoms with E-state index in [-0.39, 0.29) is 16.5 Å². The van der Waals surface area contributed by atoms with E-state index in [9.17, 15) is 12.8 Å². The Balaban J connectivity index is 2.74. The number of rotatable bonds is 5. The molecule has 0 aromatic heterocycles. The molecule has 1 rings (SSSR count). The van der Waals surface area contributed by atoms with Gasteiger partial charge in [-0.3, -0.25) is 5.73 Å². The van der Waals surface area contributed by atoms with Crippen LogP contribution in [-0.2, 0) is 9.84 Å². The average molecular weight is 420 g/mol. The molecule has 0 fully saturated rings. The van der Waals surface area contributed by atoms with Crippen molar-refractivity contribution in [1.82, 2.24) is 0 Å². The quantitative estimate of drug-likeness (QED) is 0.345. The number of hydrogen-bond acceptors (Lipinski definition) is 4. The molecular formula is C11H12ClFINO3S. The minimum absolute atomic E-state index is 0.0732. The predicted molar refractivity (Wildman–Crippen MR) is 81.2 cm³/mol. The van der Waals surface area contributed by atoms with Crippen LogP contribution in [0.15, 0.2) is 35.2 Å². The van der Waals surface area contributed by atoms with E-state index in [1.807, 2.05) is 0 Å². The Hall–Kier alpha value is -0.380. The maximum atomic E-state index is 12.9. The molecule has 0 amide bonds. The molecule has 0 heterocycles. The maximum Gasteiger partial charge on any atom is 0.228 e. The van der Waals surface area contributed by atoms with Crippen LogP contribution in [0.5, 0.6) is 5.75 Å². The number of nitrogens with two attached hydrogens (primary N) is 1. The maximum absolute atomic E-state index is 12.9. The first kappa shape index (κ1) is 16.7. The Morgan fingerprint density at radius 2 is 2.21 bits per heavy atom. The normalized spacial score (nSPS) is 15.4. The zero-order chi connectivity index (χ0) is 14.7. The molecule has 2 N–H and O–H groups in total. The van der Waals surface area contributed by atoms with Crippen molar-refractivity contribution in [3.05, 3.63) is 35.4 Å². The summed E-state index contributed by atoms with van der Waals surface area (Å²) >= 11 is 7.32. The lowest BCUT2D eigenvalue weighted by Gasteiger charge is -2.08. The van der Waals surface area contributed by atoms with Gasteiger partial charge in [0.15, 0.2) is 9.84 Å². The van der Waals surface area contributed by atoms with Crippen LogP contribution in [0.1, 0.15) is 0 Å². The van der Waals surface area contributed by atoms with E-state index in [0.29, 0.717) is 5.75 Å². The molecule has 19 heavy (non-hydrogen) atoms. The summed E-state index contributed by atoms with van der Waals surface area (Å²) in [6, 6.07) is 4.14. The van der Waals surface area contributed by atoms with Crippen molar-refractivity contribution in [1.29, 1.82) is 0 Å². The summed E-state index contributed by atoms with van der Waals surface area (Å²) in [6.45, 7) is 0.0732. The van der Waals surface area contributed by atoms with Crippen LogP contribution < -0.4 is 10.5 Å². The number of sulfone groups is 1. The lowest BCUT2D eigenvalue weighted by Crippen LogP contribution is -2.22. The molecule has 0 spiro atoms. The summed E-state index contributed by atoms with van der Waals surface area (Å²) in [7, 11) is -3.31. The lowest BCUT2D eigenvalue weighted by atomic mass is 10.3. The second kappa shape index (κ2) is 6.38. The summed E-state index contributed by atoms with van der Waals surface area (Å²) < 4.78 is 38.8. The van der Waals surface area contributed by atoms with Gasteiger partial charge >= 0.3 is 0 Å². The zero-order valence-electron chi connectivity index (χ0n) is 9.94. The highest BCUT2D eigenvalue weighted by Crippen LogP contribution is 2.27. The molecule has 1 aromatic rings. The molecule has 106 valence electrons. The smallest absolute Gasteiger partial charge is 0.228 e. The molecule has 1 unspecified atom stereocenters. The van der Waals surface area contributed by atoms with E-state index in [0.717, 1.165) is 12.3 Å². The van der Waals surface area contributed by atoms with Gasteiger partial charge in [-0.1, -0.05) is 11.6 Å². The third-order valence-electron chi connectivity index (χ3n) is 2.01. The number of benzene rings is 1. The molecule has 0 aliphatic rings. The van der Waals surface area contributed by atoms with Gasteiger partial charge in [0, 0.05) is 6.26 Å².